The van der Waals surface area contributed by atoms with Gasteiger partial charge in [0.15, 0.2) is 23.3 Å². The van der Waals surface area contributed by atoms with Crippen molar-refractivity contribution in [3.63, 3.8) is 0 Å². The first kappa shape index (κ1) is 15.5. The predicted molar refractivity (Wildman–Crippen MR) is 72.7 cm³/mol. The molecule has 1 heterocycles. The molecule has 3 rings (SSSR count). The van der Waals surface area contributed by atoms with Crippen molar-refractivity contribution in [3.8, 4) is 0 Å². The maximum Gasteiger partial charge on any atom is 0.200 e. The van der Waals surface area contributed by atoms with Gasteiger partial charge < -0.3 is 4.42 Å². The lowest BCUT2D eigenvalue weighted by Gasteiger charge is -2.06. The number of furan rings is 1. The Kier molecular flexibility index (Phi) is 3.83. The van der Waals surface area contributed by atoms with Gasteiger partial charge in [-0.25, -0.2) is 22.0 Å². The van der Waals surface area contributed by atoms with Crippen molar-refractivity contribution in [1.82, 2.24) is 0 Å². The van der Waals surface area contributed by atoms with E-state index in [1.807, 2.05) is 5.43 Å². The van der Waals surface area contributed by atoms with Gasteiger partial charge in [-0.1, -0.05) is 6.92 Å². The second kappa shape index (κ2) is 5.68. The van der Waals surface area contributed by atoms with Crippen LogP contribution in [-0.2, 0) is 0 Å². The molecule has 1 fully saturated rings. The zero-order valence-corrected chi connectivity index (χ0v) is 11.8. The molecule has 23 heavy (non-hydrogen) atoms. The predicted octanol–water partition coefficient (Wildman–Crippen LogP) is 4.54. The monoisotopic (exact) mass is 330 g/mol. The summed E-state index contributed by atoms with van der Waals surface area (Å²) < 4.78 is 71.2. The largest absolute Gasteiger partial charge is 0.460 e. The Bertz CT molecular complexity index is 757. The molecule has 0 spiro atoms. The summed E-state index contributed by atoms with van der Waals surface area (Å²) in [5, 5.41) is 3.45. The molecule has 0 amide bonds. The van der Waals surface area contributed by atoms with Crippen LogP contribution in [-0.4, -0.2) is 6.21 Å². The number of benzene rings is 1. The average molecular weight is 330 g/mol. The van der Waals surface area contributed by atoms with Crippen LogP contribution in [0.25, 0.3) is 0 Å². The van der Waals surface area contributed by atoms with E-state index in [1.54, 1.807) is 12.1 Å². The van der Waals surface area contributed by atoms with E-state index in [1.165, 1.54) is 0 Å². The van der Waals surface area contributed by atoms with Crippen LogP contribution in [0.3, 0.4) is 0 Å². The number of nitrogens with zero attached hydrogens (tertiary/aromatic N) is 1. The van der Waals surface area contributed by atoms with Gasteiger partial charge in [0, 0.05) is 5.92 Å². The number of anilines is 1. The third-order valence-electron chi connectivity index (χ3n) is 3.70. The molecule has 1 aliphatic rings. The molecule has 0 saturated heterocycles. The zero-order valence-electron chi connectivity index (χ0n) is 11.8. The van der Waals surface area contributed by atoms with Gasteiger partial charge in [-0.15, -0.1) is 0 Å². The van der Waals surface area contributed by atoms with Gasteiger partial charge in [-0.05, 0) is 24.5 Å². The first-order valence-corrected chi connectivity index (χ1v) is 6.80. The SMILES string of the molecule is C[C@@H]1C[C@@H]1c1ccc(/C=N\Nc2c(F)c(F)c(F)c(F)c2F)o1. The van der Waals surface area contributed by atoms with Gasteiger partial charge in [0.05, 0.1) is 6.21 Å². The maximum atomic E-state index is 13.4. The topological polar surface area (TPSA) is 37.5 Å². The third-order valence-corrected chi connectivity index (χ3v) is 3.70. The second-order valence-electron chi connectivity index (χ2n) is 5.37. The van der Waals surface area contributed by atoms with E-state index in [0.29, 0.717) is 17.6 Å². The minimum absolute atomic E-state index is 0.301. The van der Waals surface area contributed by atoms with Crippen LogP contribution in [0.2, 0.25) is 0 Å². The molecule has 0 unspecified atom stereocenters. The fraction of sp³-hybridized carbons (Fsp3) is 0.267. The van der Waals surface area contributed by atoms with Crippen LogP contribution in [0.15, 0.2) is 21.7 Å². The Morgan fingerprint density at radius 3 is 2.17 bits per heavy atom. The molecule has 0 bridgehead atoms. The molecule has 1 N–H and O–H groups in total. The van der Waals surface area contributed by atoms with E-state index in [9.17, 15) is 22.0 Å². The van der Waals surface area contributed by atoms with Crippen molar-refractivity contribution in [1.29, 1.82) is 0 Å². The van der Waals surface area contributed by atoms with Gasteiger partial charge in [0.2, 0.25) is 5.82 Å². The highest BCUT2D eigenvalue weighted by Gasteiger charge is 2.36. The van der Waals surface area contributed by atoms with E-state index in [4.69, 9.17) is 4.42 Å². The van der Waals surface area contributed by atoms with Crippen LogP contribution in [0.5, 0.6) is 0 Å². The van der Waals surface area contributed by atoms with Crippen LogP contribution in [0.4, 0.5) is 27.6 Å². The summed E-state index contributed by atoms with van der Waals surface area (Å²) in [5.41, 5.74) is 0.592. The van der Waals surface area contributed by atoms with Crippen molar-refractivity contribution in [2.24, 2.45) is 11.0 Å². The molecule has 2 aromatic rings. The summed E-state index contributed by atoms with van der Waals surface area (Å²) in [4.78, 5) is 0. The van der Waals surface area contributed by atoms with E-state index >= 15 is 0 Å². The summed E-state index contributed by atoms with van der Waals surface area (Å²) in [6.45, 7) is 2.08. The quantitative estimate of drug-likeness (QED) is 0.294. The van der Waals surface area contributed by atoms with Crippen molar-refractivity contribution in [2.75, 3.05) is 5.43 Å². The lowest BCUT2D eigenvalue weighted by Crippen LogP contribution is -2.06. The molecule has 122 valence electrons. The van der Waals surface area contributed by atoms with Crippen LogP contribution in [0, 0.1) is 35.0 Å². The normalized spacial score (nSPS) is 20.3. The number of nitrogens with one attached hydrogen (secondary N) is 1. The lowest BCUT2D eigenvalue weighted by atomic mass is 10.2. The van der Waals surface area contributed by atoms with E-state index < -0.39 is 34.8 Å². The fourth-order valence-electron chi connectivity index (χ4n) is 2.22. The summed E-state index contributed by atoms with van der Waals surface area (Å²) in [5.74, 6) is -8.29. The number of halogens is 5. The summed E-state index contributed by atoms with van der Waals surface area (Å²) in [6, 6.07) is 3.36. The highest BCUT2D eigenvalue weighted by Crippen LogP contribution is 2.47. The molecule has 0 radical (unpaired) electrons. The summed E-state index contributed by atoms with van der Waals surface area (Å²) in [6.07, 6.45) is 2.11. The standard InChI is InChI=1S/C15H11F5N2O/c1-6-4-8(6)9-3-2-7(23-9)5-21-22-15-13(19)11(17)10(16)12(18)14(15)20/h2-3,5-6,8,22H,4H2,1H3/b21-5-/t6-,8+/m1/s1. The number of hydrazone groups is 1. The summed E-state index contributed by atoms with van der Waals surface area (Å²) >= 11 is 0. The van der Waals surface area contributed by atoms with Crippen LogP contribution < -0.4 is 5.43 Å². The Morgan fingerprint density at radius 2 is 1.61 bits per heavy atom. The first-order chi connectivity index (χ1) is 10.9. The number of hydrogen-bond acceptors (Lipinski definition) is 3. The molecule has 3 nitrogen and oxygen atoms in total. The minimum Gasteiger partial charge on any atom is -0.460 e. The minimum atomic E-state index is -2.22. The molecule has 1 aromatic heterocycles. The van der Waals surface area contributed by atoms with Gasteiger partial charge >= 0.3 is 0 Å². The van der Waals surface area contributed by atoms with Crippen molar-refractivity contribution >= 4 is 11.9 Å². The van der Waals surface area contributed by atoms with Crippen LogP contribution >= 0.6 is 0 Å². The Balaban J connectivity index is 1.77. The Labute approximate surface area is 127 Å². The fourth-order valence-corrected chi connectivity index (χ4v) is 2.22. The average Bonchev–Trinajstić information content (AvgIpc) is 3.08. The Morgan fingerprint density at radius 1 is 1.04 bits per heavy atom. The molecular weight excluding hydrogens is 319 g/mol. The van der Waals surface area contributed by atoms with E-state index in [-0.39, 0.29) is 0 Å². The van der Waals surface area contributed by atoms with Gasteiger partial charge in [-0.3, -0.25) is 5.43 Å². The lowest BCUT2D eigenvalue weighted by molar-refractivity contribution is 0.381. The highest BCUT2D eigenvalue weighted by atomic mass is 19.2. The Hall–Kier alpha value is -2.38. The number of hydrogen-bond donors (Lipinski definition) is 1. The van der Waals surface area contributed by atoms with Gasteiger partial charge in [-0.2, -0.15) is 5.10 Å². The molecule has 1 aliphatic carbocycles. The van der Waals surface area contributed by atoms with Crippen molar-refractivity contribution < 1.29 is 26.4 Å². The molecule has 1 aromatic carbocycles. The summed E-state index contributed by atoms with van der Waals surface area (Å²) in [7, 11) is 0. The van der Waals surface area contributed by atoms with Crippen LogP contribution in [0.1, 0.15) is 30.8 Å². The molecule has 2 atom stereocenters. The van der Waals surface area contributed by atoms with Crippen molar-refractivity contribution in [2.45, 2.75) is 19.3 Å². The second-order valence-corrected chi connectivity index (χ2v) is 5.37. The molecule has 1 saturated carbocycles. The molecular formula is C15H11F5N2O. The molecule has 0 aliphatic heterocycles. The maximum absolute atomic E-state index is 13.4. The smallest absolute Gasteiger partial charge is 0.200 e. The van der Waals surface area contributed by atoms with E-state index in [0.717, 1.165) is 18.4 Å². The van der Waals surface area contributed by atoms with E-state index in [2.05, 4.69) is 12.0 Å². The third kappa shape index (κ3) is 2.80. The van der Waals surface area contributed by atoms with Gasteiger partial charge in [0.1, 0.15) is 17.2 Å². The first-order valence-electron chi connectivity index (χ1n) is 6.80. The molecule has 8 heteroatoms. The highest BCUT2D eigenvalue weighted by molar-refractivity contribution is 5.76. The number of rotatable bonds is 4. The zero-order chi connectivity index (χ0) is 16.7. The van der Waals surface area contributed by atoms with Crippen molar-refractivity contribution in [3.05, 3.63) is 52.7 Å². The van der Waals surface area contributed by atoms with Gasteiger partial charge in [0.25, 0.3) is 0 Å².